The number of carboxylic acid groups (broad SMARTS) is 1. The fourth-order valence-corrected chi connectivity index (χ4v) is 2.23. The third-order valence-corrected chi connectivity index (χ3v) is 3.11. The minimum Gasteiger partial charge on any atom is -0.481 e. The Bertz CT molecular complexity index is 457. The van der Waals surface area contributed by atoms with Crippen LogP contribution in [0, 0.1) is 5.92 Å². The van der Waals surface area contributed by atoms with E-state index < -0.39 is 11.9 Å². The lowest BCUT2D eigenvalue weighted by molar-refractivity contribution is -0.143. The first-order chi connectivity index (χ1) is 8.18. The lowest BCUT2D eigenvalue weighted by Gasteiger charge is -2.29. The molecule has 0 aliphatic heterocycles. The summed E-state index contributed by atoms with van der Waals surface area (Å²) in [6.45, 7) is 0. The zero-order valence-electron chi connectivity index (χ0n) is 9.35. The molecule has 2 atom stereocenters. The maximum absolute atomic E-state index is 11.4. The highest BCUT2D eigenvalue weighted by atomic mass is 16.4. The summed E-state index contributed by atoms with van der Waals surface area (Å²) in [5, 5.41) is 12.1. The molecular weight excluding hydrogens is 222 g/mol. The zero-order chi connectivity index (χ0) is 12.3. The largest absolute Gasteiger partial charge is 0.481 e. The van der Waals surface area contributed by atoms with Crippen LogP contribution in [0.15, 0.2) is 17.2 Å². The summed E-state index contributed by atoms with van der Waals surface area (Å²) < 4.78 is 0. The molecule has 17 heavy (non-hydrogen) atoms. The number of H-pyrrole nitrogens is 1. The van der Waals surface area contributed by atoms with Gasteiger partial charge in [0.2, 0.25) is 0 Å². The second kappa shape index (κ2) is 4.99. The molecule has 0 bridgehead atoms. The van der Waals surface area contributed by atoms with Gasteiger partial charge in [-0.15, -0.1) is 0 Å². The molecule has 1 saturated carbocycles. The third kappa shape index (κ3) is 2.64. The monoisotopic (exact) mass is 237 g/mol. The Labute approximate surface area is 98.1 Å². The molecule has 1 aromatic heterocycles. The molecular formula is C11H15N3O3. The fraction of sp³-hybridized carbons (Fsp3) is 0.545. The topological polar surface area (TPSA) is 95.1 Å². The maximum Gasteiger partial charge on any atom is 0.308 e. The summed E-state index contributed by atoms with van der Waals surface area (Å²) in [7, 11) is 0. The van der Waals surface area contributed by atoms with Gasteiger partial charge in [0, 0.05) is 18.4 Å². The van der Waals surface area contributed by atoms with Gasteiger partial charge in [-0.3, -0.25) is 9.59 Å². The number of nitrogens with zero attached hydrogens (tertiary/aromatic N) is 1. The molecule has 1 aliphatic carbocycles. The molecule has 92 valence electrons. The lowest BCUT2D eigenvalue weighted by Crippen LogP contribution is -2.38. The molecule has 2 rings (SSSR count). The smallest absolute Gasteiger partial charge is 0.308 e. The highest BCUT2D eigenvalue weighted by Crippen LogP contribution is 2.26. The maximum atomic E-state index is 11.4. The van der Waals surface area contributed by atoms with Crippen LogP contribution in [0.5, 0.6) is 0 Å². The second-order valence-electron chi connectivity index (χ2n) is 4.25. The molecule has 1 fully saturated rings. The van der Waals surface area contributed by atoms with Crippen molar-refractivity contribution in [3.8, 4) is 0 Å². The van der Waals surface area contributed by atoms with Gasteiger partial charge in [0.1, 0.15) is 0 Å². The van der Waals surface area contributed by atoms with Crippen LogP contribution in [0.2, 0.25) is 0 Å². The fourth-order valence-electron chi connectivity index (χ4n) is 2.23. The number of aliphatic carboxylic acids is 1. The van der Waals surface area contributed by atoms with E-state index in [9.17, 15) is 9.59 Å². The summed E-state index contributed by atoms with van der Waals surface area (Å²) in [5.74, 6) is -1.05. The first kappa shape index (κ1) is 11.6. The molecule has 0 amide bonds. The van der Waals surface area contributed by atoms with E-state index in [1.165, 1.54) is 12.4 Å². The van der Waals surface area contributed by atoms with E-state index in [1.54, 1.807) is 0 Å². The standard InChI is InChI=1S/C11H15N3O3/c15-10-9(12-5-6-13-10)14-8-4-2-1-3-7(8)11(16)17/h5-8H,1-4H2,(H,12,14)(H,13,15)(H,16,17). The first-order valence-corrected chi connectivity index (χ1v) is 5.71. The highest BCUT2D eigenvalue weighted by molar-refractivity contribution is 5.71. The van der Waals surface area contributed by atoms with E-state index >= 15 is 0 Å². The SMILES string of the molecule is O=C(O)C1CCCCC1Nc1ncc[nH]c1=O. The van der Waals surface area contributed by atoms with Crippen molar-refractivity contribution in [3.63, 3.8) is 0 Å². The summed E-state index contributed by atoms with van der Waals surface area (Å²) in [4.78, 5) is 29.0. The number of carbonyl (C=O) groups is 1. The average Bonchev–Trinajstić information content (AvgIpc) is 2.32. The molecule has 6 heteroatoms. The molecule has 0 spiro atoms. The Balaban J connectivity index is 2.14. The van der Waals surface area contributed by atoms with Crippen molar-refractivity contribution in [1.82, 2.24) is 9.97 Å². The van der Waals surface area contributed by atoms with Gasteiger partial charge >= 0.3 is 5.97 Å². The Morgan fingerprint density at radius 1 is 1.47 bits per heavy atom. The van der Waals surface area contributed by atoms with Crippen molar-refractivity contribution in [2.75, 3.05) is 5.32 Å². The zero-order valence-corrected chi connectivity index (χ0v) is 9.35. The van der Waals surface area contributed by atoms with Crippen LogP contribution < -0.4 is 10.9 Å². The number of carboxylic acids is 1. The van der Waals surface area contributed by atoms with Gasteiger partial charge in [-0.25, -0.2) is 4.98 Å². The number of aromatic amines is 1. The van der Waals surface area contributed by atoms with Gasteiger partial charge in [0.15, 0.2) is 5.82 Å². The van der Waals surface area contributed by atoms with E-state index in [0.29, 0.717) is 6.42 Å². The van der Waals surface area contributed by atoms with Crippen molar-refractivity contribution in [2.24, 2.45) is 5.92 Å². The number of hydrogen-bond donors (Lipinski definition) is 3. The van der Waals surface area contributed by atoms with Gasteiger partial charge < -0.3 is 15.4 Å². The van der Waals surface area contributed by atoms with Gasteiger partial charge in [-0.1, -0.05) is 12.8 Å². The molecule has 6 nitrogen and oxygen atoms in total. The summed E-state index contributed by atoms with van der Waals surface area (Å²) in [5.41, 5.74) is -0.317. The molecule has 0 aromatic carbocycles. The van der Waals surface area contributed by atoms with Crippen LogP contribution >= 0.6 is 0 Å². The van der Waals surface area contributed by atoms with E-state index in [4.69, 9.17) is 5.11 Å². The van der Waals surface area contributed by atoms with Crippen molar-refractivity contribution in [3.05, 3.63) is 22.7 Å². The summed E-state index contributed by atoms with van der Waals surface area (Å²) in [6.07, 6.45) is 6.23. The number of rotatable bonds is 3. The number of hydrogen-bond acceptors (Lipinski definition) is 4. The molecule has 0 radical (unpaired) electrons. The van der Waals surface area contributed by atoms with Gasteiger partial charge in [-0.2, -0.15) is 0 Å². The quantitative estimate of drug-likeness (QED) is 0.723. The summed E-state index contributed by atoms with van der Waals surface area (Å²) >= 11 is 0. The third-order valence-electron chi connectivity index (χ3n) is 3.11. The normalized spacial score (nSPS) is 24.2. The predicted molar refractivity (Wildman–Crippen MR) is 61.9 cm³/mol. The number of aromatic nitrogens is 2. The molecule has 1 aliphatic rings. The number of nitrogens with one attached hydrogen (secondary N) is 2. The van der Waals surface area contributed by atoms with Crippen LogP contribution in [0.3, 0.4) is 0 Å². The molecule has 3 N–H and O–H groups in total. The Morgan fingerprint density at radius 2 is 2.24 bits per heavy atom. The molecule has 1 aromatic rings. The number of anilines is 1. The van der Waals surface area contributed by atoms with Crippen LogP contribution in [-0.4, -0.2) is 27.1 Å². The van der Waals surface area contributed by atoms with Crippen molar-refractivity contribution in [1.29, 1.82) is 0 Å². The van der Waals surface area contributed by atoms with Crippen LogP contribution in [0.4, 0.5) is 5.82 Å². The Kier molecular flexibility index (Phi) is 3.41. The minimum absolute atomic E-state index is 0.200. The summed E-state index contributed by atoms with van der Waals surface area (Å²) in [6, 6.07) is -0.211. The molecule has 0 saturated heterocycles. The van der Waals surface area contributed by atoms with Gasteiger partial charge in [0.05, 0.1) is 5.92 Å². The van der Waals surface area contributed by atoms with E-state index in [-0.39, 0.29) is 17.4 Å². The molecule has 2 unspecified atom stereocenters. The Hall–Kier alpha value is -1.85. The second-order valence-corrected chi connectivity index (χ2v) is 4.25. The first-order valence-electron chi connectivity index (χ1n) is 5.71. The minimum atomic E-state index is -0.811. The van der Waals surface area contributed by atoms with Crippen molar-refractivity contribution < 1.29 is 9.90 Å². The van der Waals surface area contributed by atoms with E-state index in [0.717, 1.165) is 19.3 Å². The highest BCUT2D eigenvalue weighted by Gasteiger charge is 2.31. The van der Waals surface area contributed by atoms with Crippen LogP contribution in [-0.2, 0) is 4.79 Å². The lowest BCUT2D eigenvalue weighted by atomic mass is 9.84. The van der Waals surface area contributed by atoms with E-state index in [1.807, 2.05) is 0 Å². The molecule has 1 heterocycles. The van der Waals surface area contributed by atoms with Gasteiger partial charge in [-0.05, 0) is 12.8 Å². The van der Waals surface area contributed by atoms with Crippen LogP contribution in [0.1, 0.15) is 25.7 Å². The van der Waals surface area contributed by atoms with Crippen LogP contribution in [0.25, 0.3) is 0 Å². The van der Waals surface area contributed by atoms with Gasteiger partial charge in [0.25, 0.3) is 5.56 Å². The van der Waals surface area contributed by atoms with Crippen molar-refractivity contribution in [2.45, 2.75) is 31.7 Å². The van der Waals surface area contributed by atoms with E-state index in [2.05, 4.69) is 15.3 Å². The van der Waals surface area contributed by atoms with Crippen molar-refractivity contribution >= 4 is 11.8 Å². The average molecular weight is 237 g/mol. The Morgan fingerprint density at radius 3 is 2.94 bits per heavy atom. The predicted octanol–water partition coefficient (Wildman–Crippen LogP) is 0.825.